The summed E-state index contributed by atoms with van der Waals surface area (Å²) >= 11 is 0. The quantitative estimate of drug-likeness (QED) is 0.234. The molecule has 0 aromatic rings. The van der Waals surface area contributed by atoms with Gasteiger partial charge in [0.05, 0.1) is 6.61 Å². The van der Waals surface area contributed by atoms with Crippen LogP contribution in [0.25, 0.3) is 0 Å². The van der Waals surface area contributed by atoms with E-state index in [9.17, 15) is 4.79 Å². The van der Waals surface area contributed by atoms with Gasteiger partial charge in [0.2, 0.25) is 0 Å². The molecule has 4 heteroatoms. The number of nitrogens with one attached hydrogen (secondary N) is 1. The number of carbonyl (C=O) groups is 1. The third-order valence-corrected chi connectivity index (χ3v) is 12.6. The standard InChI is InChI=1S/C34H62N2O2/c1-25(24-38-32(37)36-23-10-6-5-9-22-35)12-11-13-26(2)29-17-18-30-28-16-15-27-14-7-8-20-33(27,3)31(28)19-21-34(29,30)4/h25-31H,5-24,35H2,1-4H3,(H,36,37)/t25?,26-,27?,28+,29-,30+,31+,33+,34-/m1/s1. The number of hydrogen-bond acceptors (Lipinski definition) is 3. The van der Waals surface area contributed by atoms with Gasteiger partial charge in [-0.15, -0.1) is 0 Å². The second-order valence-electron chi connectivity index (χ2n) is 14.9. The Morgan fingerprint density at radius 3 is 2.47 bits per heavy atom. The Hall–Kier alpha value is -0.770. The Balaban J connectivity index is 1.17. The van der Waals surface area contributed by atoms with E-state index in [0.29, 0.717) is 29.9 Å². The average Bonchev–Trinajstić information content (AvgIpc) is 3.26. The number of hydrogen-bond donors (Lipinski definition) is 2. The zero-order valence-electron chi connectivity index (χ0n) is 25.6. The van der Waals surface area contributed by atoms with E-state index < -0.39 is 0 Å². The van der Waals surface area contributed by atoms with Crippen molar-refractivity contribution in [2.45, 2.75) is 137 Å². The molecule has 4 aliphatic carbocycles. The van der Waals surface area contributed by atoms with Crippen LogP contribution in [-0.2, 0) is 4.74 Å². The SMILES string of the molecule is CC(CCC[C@@H](C)[C@H]1CC[C@H]2[C@@H]3CCC4CCCC[C@]4(C)[C@H]3CC[C@]12C)COC(=O)NCCCCCCN. The van der Waals surface area contributed by atoms with Gasteiger partial charge in [0.25, 0.3) is 0 Å². The highest BCUT2D eigenvalue weighted by Gasteiger charge is 2.60. The summed E-state index contributed by atoms with van der Waals surface area (Å²) in [4.78, 5) is 12.0. The van der Waals surface area contributed by atoms with Gasteiger partial charge in [0, 0.05) is 6.54 Å². The number of amides is 1. The molecule has 2 unspecified atom stereocenters. The van der Waals surface area contributed by atoms with E-state index in [2.05, 4.69) is 33.0 Å². The fourth-order valence-electron chi connectivity index (χ4n) is 10.4. The smallest absolute Gasteiger partial charge is 0.407 e. The molecule has 4 rings (SSSR count). The topological polar surface area (TPSA) is 64.3 Å². The van der Waals surface area contributed by atoms with Crippen LogP contribution in [0.3, 0.4) is 0 Å². The van der Waals surface area contributed by atoms with E-state index in [0.717, 1.165) is 74.2 Å². The molecule has 220 valence electrons. The normalized spacial score (nSPS) is 38.0. The number of rotatable bonds is 13. The second-order valence-corrected chi connectivity index (χ2v) is 14.9. The molecular formula is C34H62N2O2. The van der Waals surface area contributed by atoms with Crippen molar-refractivity contribution in [1.29, 1.82) is 0 Å². The van der Waals surface area contributed by atoms with Crippen molar-refractivity contribution in [3.05, 3.63) is 0 Å². The van der Waals surface area contributed by atoms with Gasteiger partial charge in [-0.1, -0.05) is 66.2 Å². The average molecular weight is 531 g/mol. The van der Waals surface area contributed by atoms with Crippen LogP contribution in [0, 0.1) is 52.3 Å². The van der Waals surface area contributed by atoms with E-state index >= 15 is 0 Å². The minimum atomic E-state index is -0.249. The summed E-state index contributed by atoms with van der Waals surface area (Å²) in [6.07, 6.45) is 22.9. The molecular weight excluding hydrogens is 468 g/mol. The fourth-order valence-corrected chi connectivity index (χ4v) is 10.4. The Morgan fingerprint density at radius 2 is 1.66 bits per heavy atom. The molecule has 38 heavy (non-hydrogen) atoms. The largest absolute Gasteiger partial charge is 0.449 e. The minimum absolute atomic E-state index is 0.249. The molecule has 1 amide bonds. The Morgan fingerprint density at radius 1 is 0.868 bits per heavy atom. The molecule has 9 atom stereocenters. The van der Waals surface area contributed by atoms with E-state index in [1.165, 1.54) is 77.0 Å². The van der Waals surface area contributed by atoms with Crippen molar-refractivity contribution in [3.8, 4) is 0 Å². The first kappa shape index (κ1) is 30.2. The summed E-state index contributed by atoms with van der Waals surface area (Å²) < 4.78 is 5.50. The number of fused-ring (bicyclic) bond motifs is 5. The summed E-state index contributed by atoms with van der Waals surface area (Å²) in [7, 11) is 0. The second kappa shape index (κ2) is 13.7. The third kappa shape index (κ3) is 6.74. The summed E-state index contributed by atoms with van der Waals surface area (Å²) in [6, 6.07) is 0. The Bertz CT molecular complexity index is 742. The highest BCUT2D eigenvalue weighted by atomic mass is 16.5. The first-order chi connectivity index (χ1) is 18.3. The van der Waals surface area contributed by atoms with Gasteiger partial charge in [-0.3, -0.25) is 0 Å². The van der Waals surface area contributed by atoms with E-state index in [4.69, 9.17) is 10.5 Å². The fraction of sp³-hybridized carbons (Fsp3) is 0.971. The van der Waals surface area contributed by atoms with Gasteiger partial charge in [-0.25, -0.2) is 4.79 Å². The maximum absolute atomic E-state index is 12.0. The van der Waals surface area contributed by atoms with Gasteiger partial charge >= 0.3 is 6.09 Å². The number of unbranched alkanes of at least 4 members (excludes halogenated alkanes) is 3. The lowest BCUT2D eigenvalue weighted by molar-refractivity contribution is -0.114. The number of ether oxygens (including phenoxy) is 1. The van der Waals surface area contributed by atoms with Crippen LogP contribution >= 0.6 is 0 Å². The molecule has 0 heterocycles. The van der Waals surface area contributed by atoms with Crippen LogP contribution in [-0.4, -0.2) is 25.8 Å². The number of nitrogens with two attached hydrogens (primary N) is 1. The van der Waals surface area contributed by atoms with Crippen molar-refractivity contribution in [2.24, 2.45) is 58.0 Å². The van der Waals surface area contributed by atoms with Gasteiger partial charge in [0.15, 0.2) is 0 Å². The highest BCUT2D eigenvalue weighted by Crippen LogP contribution is 2.68. The van der Waals surface area contributed by atoms with E-state index in [-0.39, 0.29) is 6.09 Å². The van der Waals surface area contributed by atoms with Gasteiger partial charge in [-0.05, 0) is 129 Å². The molecule has 0 bridgehead atoms. The van der Waals surface area contributed by atoms with Crippen LogP contribution in [0.4, 0.5) is 4.79 Å². The van der Waals surface area contributed by atoms with Crippen molar-refractivity contribution < 1.29 is 9.53 Å². The Kier molecular flexibility index (Phi) is 10.9. The van der Waals surface area contributed by atoms with Gasteiger partial charge in [-0.2, -0.15) is 0 Å². The molecule has 0 spiro atoms. The van der Waals surface area contributed by atoms with Crippen molar-refractivity contribution in [1.82, 2.24) is 5.32 Å². The van der Waals surface area contributed by atoms with Crippen LogP contribution < -0.4 is 11.1 Å². The van der Waals surface area contributed by atoms with Gasteiger partial charge < -0.3 is 15.8 Å². The summed E-state index contributed by atoms with van der Waals surface area (Å²) in [5, 5.41) is 2.90. The zero-order chi connectivity index (χ0) is 27.2. The number of carbonyl (C=O) groups excluding carboxylic acids is 1. The Labute approximate surface area is 235 Å². The first-order valence-electron chi connectivity index (χ1n) is 16.9. The molecule has 4 saturated carbocycles. The summed E-state index contributed by atoms with van der Waals surface area (Å²) in [5.74, 6) is 6.21. The highest BCUT2D eigenvalue weighted by molar-refractivity contribution is 5.66. The van der Waals surface area contributed by atoms with Crippen molar-refractivity contribution >= 4 is 6.09 Å². The molecule has 0 aromatic heterocycles. The zero-order valence-corrected chi connectivity index (χ0v) is 25.6. The predicted octanol–water partition coefficient (Wildman–Crippen LogP) is 8.72. The molecule has 0 saturated heterocycles. The maximum atomic E-state index is 12.0. The minimum Gasteiger partial charge on any atom is -0.449 e. The lowest BCUT2D eigenvalue weighted by atomic mass is 9.44. The molecule has 0 aliphatic heterocycles. The third-order valence-electron chi connectivity index (χ3n) is 12.6. The maximum Gasteiger partial charge on any atom is 0.407 e. The van der Waals surface area contributed by atoms with Crippen LogP contribution in [0.2, 0.25) is 0 Å². The molecule has 4 fully saturated rings. The first-order valence-corrected chi connectivity index (χ1v) is 16.9. The van der Waals surface area contributed by atoms with Crippen molar-refractivity contribution in [3.63, 3.8) is 0 Å². The van der Waals surface area contributed by atoms with Crippen LogP contribution in [0.15, 0.2) is 0 Å². The van der Waals surface area contributed by atoms with Gasteiger partial charge in [0.1, 0.15) is 0 Å². The van der Waals surface area contributed by atoms with E-state index in [1.54, 1.807) is 0 Å². The molecule has 4 aliphatic rings. The van der Waals surface area contributed by atoms with Crippen LogP contribution in [0.1, 0.15) is 137 Å². The molecule has 0 radical (unpaired) electrons. The van der Waals surface area contributed by atoms with Crippen molar-refractivity contribution in [2.75, 3.05) is 19.7 Å². The summed E-state index contributed by atoms with van der Waals surface area (Å²) in [5.41, 5.74) is 6.77. The molecule has 3 N–H and O–H groups in total. The predicted molar refractivity (Wildman–Crippen MR) is 159 cm³/mol. The molecule has 0 aromatic carbocycles. The molecule has 4 nitrogen and oxygen atoms in total. The lowest BCUT2D eigenvalue weighted by Gasteiger charge is -2.61. The van der Waals surface area contributed by atoms with Crippen LogP contribution in [0.5, 0.6) is 0 Å². The lowest BCUT2D eigenvalue weighted by Crippen LogP contribution is -2.53. The monoisotopic (exact) mass is 530 g/mol. The summed E-state index contributed by atoms with van der Waals surface area (Å²) in [6.45, 7) is 12.2. The van der Waals surface area contributed by atoms with E-state index in [1.807, 2.05) is 0 Å². The number of alkyl carbamates (subject to hydrolysis) is 1.